The van der Waals surface area contributed by atoms with Gasteiger partial charge in [-0.25, -0.2) is 0 Å². The molecule has 1 N–H and O–H groups in total. The third-order valence-corrected chi connectivity index (χ3v) is 2.98. The summed E-state index contributed by atoms with van der Waals surface area (Å²) in [5.41, 5.74) is 0.609. The van der Waals surface area contributed by atoms with Crippen molar-refractivity contribution >= 4 is 5.91 Å². The third kappa shape index (κ3) is 2.86. The normalized spacial score (nSPS) is 15.6. The van der Waals surface area contributed by atoms with E-state index in [0.29, 0.717) is 18.7 Å². The lowest BCUT2D eigenvalue weighted by molar-refractivity contribution is -0.132. The molecule has 2 rings (SSSR count). The highest BCUT2D eigenvalue weighted by atomic mass is 16.2. The smallest absolute Gasteiger partial charge is 0.224 e. The first-order valence-corrected chi connectivity index (χ1v) is 5.85. The summed E-state index contributed by atoms with van der Waals surface area (Å²) in [5.74, 6) is 0.170. The van der Waals surface area contributed by atoms with E-state index >= 15 is 0 Å². The Morgan fingerprint density at radius 1 is 1.47 bits per heavy atom. The molecule has 1 amide bonds. The zero-order chi connectivity index (χ0) is 12.1. The van der Waals surface area contributed by atoms with Gasteiger partial charge in [0.15, 0.2) is 0 Å². The van der Waals surface area contributed by atoms with Crippen molar-refractivity contribution in [1.82, 2.24) is 14.8 Å². The van der Waals surface area contributed by atoms with E-state index in [2.05, 4.69) is 11.4 Å². The lowest BCUT2D eigenvalue weighted by Gasteiger charge is -2.27. The standard InChI is InChI=1S/C12H16N4O/c13-10-11-2-1-6-15(11)7-3-12(17)16-8-4-14-5-9-16/h1-2,6,14H,3-5,7-9H2. The van der Waals surface area contributed by atoms with Gasteiger partial charge in [-0.2, -0.15) is 5.26 Å². The molecular weight excluding hydrogens is 216 g/mol. The fourth-order valence-corrected chi connectivity index (χ4v) is 2.00. The second-order valence-electron chi connectivity index (χ2n) is 4.08. The fraction of sp³-hybridized carbons (Fsp3) is 0.500. The maximum atomic E-state index is 11.9. The van der Waals surface area contributed by atoms with Gasteiger partial charge >= 0.3 is 0 Å². The van der Waals surface area contributed by atoms with Gasteiger partial charge in [-0.15, -0.1) is 0 Å². The second kappa shape index (κ2) is 5.51. The van der Waals surface area contributed by atoms with E-state index in [9.17, 15) is 4.79 Å². The first kappa shape index (κ1) is 11.7. The average Bonchev–Trinajstić information content (AvgIpc) is 2.84. The van der Waals surface area contributed by atoms with Crippen LogP contribution in [0.25, 0.3) is 0 Å². The van der Waals surface area contributed by atoms with Crippen molar-refractivity contribution in [2.45, 2.75) is 13.0 Å². The number of carbonyl (C=O) groups excluding carboxylic acids is 1. The molecule has 1 aliphatic rings. The van der Waals surface area contributed by atoms with Crippen molar-refractivity contribution in [3.8, 4) is 6.07 Å². The Bertz CT molecular complexity index is 426. The van der Waals surface area contributed by atoms with Gasteiger partial charge in [0.05, 0.1) is 0 Å². The monoisotopic (exact) mass is 232 g/mol. The van der Waals surface area contributed by atoms with Crippen molar-refractivity contribution in [3.05, 3.63) is 24.0 Å². The molecule has 0 unspecified atom stereocenters. The zero-order valence-electron chi connectivity index (χ0n) is 9.72. The van der Waals surface area contributed by atoms with Gasteiger partial charge in [-0.1, -0.05) is 0 Å². The number of aromatic nitrogens is 1. The number of carbonyl (C=O) groups is 1. The van der Waals surface area contributed by atoms with E-state index in [1.165, 1.54) is 0 Å². The van der Waals surface area contributed by atoms with Gasteiger partial charge in [0.2, 0.25) is 5.91 Å². The molecule has 2 heterocycles. The number of hydrogen-bond acceptors (Lipinski definition) is 3. The predicted molar refractivity (Wildman–Crippen MR) is 63.2 cm³/mol. The van der Waals surface area contributed by atoms with Gasteiger partial charge in [0.1, 0.15) is 11.8 Å². The summed E-state index contributed by atoms with van der Waals surface area (Å²) < 4.78 is 1.82. The van der Waals surface area contributed by atoms with E-state index in [1.54, 1.807) is 6.07 Å². The minimum Gasteiger partial charge on any atom is -0.340 e. The van der Waals surface area contributed by atoms with Crippen LogP contribution in [0.5, 0.6) is 0 Å². The molecule has 1 fully saturated rings. The number of aryl methyl sites for hydroxylation is 1. The van der Waals surface area contributed by atoms with Gasteiger partial charge in [0.25, 0.3) is 0 Å². The van der Waals surface area contributed by atoms with Crippen LogP contribution in [0.1, 0.15) is 12.1 Å². The number of piperazine rings is 1. The Morgan fingerprint density at radius 2 is 2.24 bits per heavy atom. The molecule has 1 aromatic heterocycles. The Morgan fingerprint density at radius 3 is 2.94 bits per heavy atom. The number of nitriles is 1. The molecule has 90 valence electrons. The highest BCUT2D eigenvalue weighted by Crippen LogP contribution is 2.04. The zero-order valence-corrected chi connectivity index (χ0v) is 9.72. The Hall–Kier alpha value is -1.80. The van der Waals surface area contributed by atoms with Gasteiger partial charge in [-0.3, -0.25) is 4.79 Å². The molecule has 5 heteroatoms. The van der Waals surface area contributed by atoms with Crippen LogP contribution >= 0.6 is 0 Å². The Labute approximate surface area is 101 Å². The largest absolute Gasteiger partial charge is 0.340 e. The van der Waals surface area contributed by atoms with Crippen LogP contribution < -0.4 is 5.32 Å². The topological polar surface area (TPSA) is 61.1 Å². The summed E-state index contributed by atoms with van der Waals surface area (Å²) in [6.07, 6.45) is 2.30. The van der Waals surface area contributed by atoms with E-state index in [0.717, 1.165) is 26.2 Å². The van der Waals surface area contributed by atoms with Crippen molar-refractivity contribution in [2.24, 2.45) is 0 Å². The average molecular weight is 232 g/mol. The maximum absolute atomic E-state index is 11.9. The van der Waals surface area contributed by atoms with Crippen molar-refractivity contribution in [2.75, 3.05) is 26.2 Å². The summed E-state index contributed by atoms with van der Waals surface area (Å²) in [4.78, 5) is 13.8. The lowest BCUT2D eigenvalue weighted by Crippen LogP contribution is -2.46. The molecule has 1 aromatic rings. The summed E-state index contributed by atoms with van der Waals surface area (Å²) >= 11 is 0. The fourth-order valence-electron chi connectivity index (χ4n) is 2.00. The second-order valence-corrected chi connectivity index (χ2v) is 4.08. The molecule has 1 aliphatic heterocycles. The van der Waals surface area contributed by atoms with E-state index in [4.69, 9.17) is 5.26 Å². The van der Waals surface area contributed by atoms with Crippen LogP contribution in [0.4, 0.5) is 0 Å². The van der Waals surface area contributed by atoms with E-state index < -0.39 is 0 Å². The van der Waals surface area contributed by atoms with Crippen LogP contribution in [0.2, 0.25) is 0 Å². The summed E-state index contributed by atoms with van der Waals surface area (Å²) in [6, 6.07) is 5.69. The maximum Gasteiger partial charge on any atom is 0.224 e. The number of amides is 1. The van der Waals surface area contributed by atoms with Crippen molar-refractivity contribution < 1.29 is 4.79 Å². The number of nitrogens with one attached hydrogen (secondary N) is 1. The van der Waals surface area contributed by atoms with Gasteiger partial charge in [-0.05, 0) is 12.1 Å². The van der Waals surface area contributed by atoms with Gasteiger partial charge < -0.3 is 14.8 Å². The molecule has 0 aromatic carbocycles. The quantitative estimate of drug-likeness (QED) is 0.808. The predicted octanol–water partition coefficient (Wildman–Crippen LogP) is 0.182. The van der Waals surface area contributed by atoms with Crippen LogP contribution in [0.15, 0.2) is 18.3 Å². The molecule has 0 spiro atoms. The molecule has 17 heavy (non-hydrogen) atoms. The Balaban J connectivity index is 1.85. The Kier molecular flexibility index (Phi) is 3.78. The van der Waals surface area contributed by atoms with E-state index in [1.807, 2.05) is 21.7 Å². The van der Waals surface area contributed by atoms with Crippen molar-refractivity contribution in [1.29, 1.82) is 5.26 Å². The summed E-state index contributed by atoms with van der Waals surface area (Å²) in [5, 5.41) is 12.1. The lowest BCUT2D eigenvalue weighted by atomic mass is 10.3. The minimum absolute atomic E-state index is 0.170. The first-order chi connectivity index (χ1) is 8.31. The molecule has 5 nitrogen and oxygen atoms in total. The summed E-state index contributed by atoms with van der Waals surface area (Å²) in [7, 11) is 0. The number of hydrogen-bond donors (Lipinski definition) is 1. The van der Waals surface area contributed by atoms with Crippen molar-refractivity contribution in [3.63, 3.8) is 0 Å². The highest BCUT2D eigenvalue weighted by molar-refractivity contribution is 5.76. The SMILES string of the molecule is N#Cc1cccn1CCC(=O)N1CCNCC1. The van der Waals surface area contributed by atoms with Crippen LogP contribution in [0.3, 0.4) is 0 Å². The summed E-state index contributed by atoms with van der Waals surface area (Å²) in [6.45, 7) is 3.90. The third-order valence-electron chi connectivity index (χ3n) is 2.98. The highest BCUT2D eigenvalue weighted by Gasteiger charge is 2.15. The van der Waals surface area contributed by atoms with Gasteiger partial charge in [0, 0.05) is 45.3 Å². The number of nitrogens with zero attached hydrogens (tertiary/aromatic N) is 3. The van der Waals surface area contributed by atoms with Crippen LogP contribution in [-0.4, -0.2) is 41.6 Å². The van der Waals surface area contributed by atoms with E-state index in [-0.39, 0.29) is 5.91 Å². The molecule has 0 radical (unpaired) electrons. The molecule has 0 atom stereocenters. The first-order valence-electron chi connectivity index (χ1n) is 5.85. The van der Waals surface area contributed by atoms with Crippen LogP contribution in [0, 0.1) is 11.3 Å². The molecule has 0 saturated carbocycles. The molecular formula is C12H16N4O. The number of rotatable bonds is 3. The molecule has 0 aliphatic carbocycles. The molecule has 0 bridgehead atoms. The minimum atomic E-state index is 0.170. The molecule has 1 saturated heterocycles. The van der Waals surface area contributed by atoms with Crippen LogP contribution in [-0.2, 0) is 11.3 Å².